The average molecular weight is 285 g/mol. The minimum Gasteiger partial charge on any atom is -0.481 e. The fraction of sp³-hybridized carbons (Fsp3) is 0.700. The summed E-state index contributed by atoms with van der Waals surface area (Å²) in [6.07, 6.45) is -6.01. The first-order valence-corrected chi connectivity index (χ1v) is 5.30. The van der Waals surface area contributed by atoms with Gasteiger partial charge in [-0.15, -0.1) is 0 Å². The average Bonchev–Trinajstić information content (AvgIpc) is 2.19. The number of carbonyl (C=O) groups excluding carboxylic acids is 1. The number of alkyl halides is 3. The van der Waals surface area contributed by atoms with Gasteiger partial charge in [-0.3, -0.25) is 9.59 Å². The Labute approximate surface area is 106 Å². The molecule has 0 bridgehead atoms. The molecule has 0 aromatic carbocycles. The third-order valence-electron chi connectivity index (χ3n) is 2.29. The van der Waals surface area contributed by atoms with Gasteiger partial charge in [0.1, 0.15) is 6.04 Å². The van der Waals surface area contributed by atoms with Gasteiger partial charge >= 0.3 is 24.0 Å². The van der Waals surface area contributed by atoms with Gasteiger partial charge < -0.3 is 15.1 Å². The van der Waals surface area contributed by atoms with E-state index >= 15 is 0 Å². The number of hydrogen-bond donors (Lipinski definition) is 2. The van der Waals surface area contributed by atoms with Crippen molar-refractivity contribution in [3.63, 3.8) is 0 Å². The molecular formula is C10H14F3NO5. The van der Waals surface area contributed by atoms with Crippen LogP contribution >= 0.6 is 0 Å². The Morgan fingerprint density at radius 1 is 1.16 bits per heavy atom. The summed E-state index contributed by atoms with van der Waals surface area (Å²) in [6.45, 7) is 1.84. The highest BCUT2D eigenvalue weighted by Gasteiger charge is 2.46. The van der Waals surface area contributed by atoms with Gasteiger partial charge in [0.25, 0.3) is 0 Å². The maximum Gasteiger partial charge on any atom is 0.471 e. The highest BCUT2D eigenvalue weighted by molar-refractivity contribution is 5.87. The van der Waals surface area contributed by atoms with Crippen LogP contribution in [0.4, 0.5) is 13.2 Å². The van der Waals surface area contributed by atoms with Crippen molar-refractivity contribution < 1.29 is 37.8 Å². The molecule has 0 spiro atoms. The number of carboxylic acids is 2. The lowest BCUT2D eigenvalue weighted by atomic mass is 10.0. The van der Waals surface area contributed by atoms with Gasteiger partial charge in [0.05, 0.1) is 6.42 Å². The van der Waals surface area contributed by atoms with Crippen molar-refractivity contribution in [1.29, 1.82) is 0 Å². The highest BCUT2D eigenvalue weighted by Crippen LogP contribution is 2.23. The van der Waals surface area contributed by atoms with Gasteiger partial charge in [-0.2, -0.15) is 13.2 Å². The van der Waals surface area contributed by atoms with Crippen LogP contribution in [-0.2, 0) is 14.4 Å². The first-order chi connectivity index (χ1) is 8.48. The van der Waals surface area contributed by atoms with E-state index < -0.39 is 48.9 Å². The molecule has 0 aliphatic rings. The number of hydrogen-bond acceptors (Lipinski definition) is 3. The molecular weight excluding hydrogens is 271 g/mol. The van der Waals surface area contributed by atoms with Gasteiger partial charge in [0.2, 0.25) is 0 Å². The Morgan fingerprint density at radius 3 is 1.89 bits per heavy atom. The molecule has 2 N–H and O–H groups in total. The van der Waals surface area contributed by atoms with E-state index in [4.69, 9.17) is 10.2 Å². The quantitative estimate of drug-likeness (QED) is 0.758. The minimum absolute atomic E-state index is 0.0428. The number of carbonyl (C=O) groups is 3. The van der Waals surface area contributed by atoms with Gasteiger partial charge in [0, 0.05) is 6.54 Å². The molecule has 0 saturated carbocycles. The first kappa shape index (κ1) is 17.2. The molecule has 6 nitrogen and oxygen atoms in total. The smallest absolute Gasteiger partial charge is 0.471 e. The Bertz CT molecular complexity index is 367. The van der Waals surface area contributed by atoms with Crippen molar-refractivity contribution in [2.24, 2.45) is 5.92 Å². The lowest BCUT2D eigenvalue weighted by molar-refractivity contribution is -0.191. The van der Waals surface area contributed by atoms with Crippen LogP contribution in [0.25, 0.3) is 0 Å². The molecule has 0 aliphatic carbocycles. The summed E-state index contributed by atoms with van der Waals surface area (Å²) in [7, 11) is 0. The zero-order valence-corrected chi connectivity index (χ0v) is 10.3. The fourth-order valence-electron chi connectivity index (χ4n) is 1.52. The number of rotatable bonds is 6. The van der Waals surface area contributed by atoms with Gasteiger partial charge in [0.15, 0.2) is 0 Å². The first-order valence-electron chi connectivity index (χ1n) is 5.30. The second kappa shape index (κ2) is 6.39. The van der Waals surface area contributed by atoms with E-state index in [2.05, 4.69) is 0 Å². The molecule has 0 aliphatic heterocycles. The lowest BCUT2D eigenvalue weighted by Gasteiger charge is -2.31. The third kappa shape index (κ3) is 5.14. The van der Waals surface area contributed by atoms with E-state index in [-0.39, 0.29) is 4.90 Å². The summed E-state index contributed by atoms with van der Waals surface area (Å²) in [4.78, 5) is 32.5. The summed E-state index contributed by atoms with van der Waals surface area (Å²) >= 11 is 0. The molecule has 110 valence electrons. The van der Waals surface area contributed by atoms with Gasteiger partial charge in [-0.25, -0.2) is 4.79 Å². The number of carboxylic acid groups (broad SMARTS) is 2. The Balaban J connectivity index is 5.30. The van der Waals surface area contributed by atoms with Crippen molar-refractivity contribution in [3.05, 3.63) is 0 Å². The number of halogens is 3. The molecule has 0 aromatic heterocycles. The Morgan fingerprint density at radius 2 is 1.63 bits per heavy atom. The zero-order valence-electron chi connectivity index (χ0n) is 10.3. The van der Waals surface area contributed by atoms with Crippen molar-refractivity contribution in [2.75, 3.05) is 6.54 Å². The van der Waals surface area contributed by atoms with Crippen molar-refractivity contribution >= 4 is 17.8 Å². The predicted molar refractivity (Wildman–Crippen MR) is 56.3 cm³/mol. The van der Waals surface area contributed by atoms with E-state index in [0.717, 1.165) is 0 Å². The Kier molecular flexibility index (Phi) is 5.79. The standard InChI is InChI=1S/C10H14F3NO5/c1-5(2)7(8(17)18)14(4-3-6(15)16)9(19)10(11,12)13/h5,7H,3-4H2,1-2H3,(H,15,16)(H,17,18). The molecule has 19 heavy (non-hydrogen) atoms. The summed E-state index contributed by atoms with van der Waals surface area (Å²) < 4.78 is 37.1. The summed E-state index contributed by atoms with van der Waals surface area (Å²) in [5.41, 5.74) is 0. The molecule has 0 aromatic rings. The molecule has 9 heteroatoms. The van der Waals surface area contributed by atoms with E-state index in [1.165, 1.54) is 13.8 Å². The van der Waals surface area contributed by atoms with Crippen LogP contribution in [0.5, 0.6) is 0 Å². The monoisotopic (exact) mass is 285 g/mol. The van der Waals surface area contributed by atoms with Crippen molar-refractivity contribution in [1.82, 2.24) is 4.90 Å². The molecule has 0 saturated heterocycles. The summed E-state index contributed by atoms with van der Waals surface area (Å²) in [5, 5.41) is 17.3. The van der Waals surface area contributed by atoms with Crippen LogP contribution in [0.3, 0.4) is 0 Å². The zero-order chi connectivity index (χ0) is 15.4. The van der Waals surface area contributed by atoms with Crippen molar-refractivity contribution in [3.8, 4) is 0 Å². The normalized spacial score (nSPS) is 13.2. The van der Waals surface area contributed by atoms with E-state index in [1.807, 2.05) is 0 Å². The second-order valence-electron chi connectivity index (χ2n) is 4.17. The lowest BCUT2D eigenvalue weighted by Crippen LogP contribution is -2.53. The molecule has 0 heterocycles. The molecule has 1 atom stereocenters. The van der Waals surface area contributed by atoms with Gasteiger partial charge in [-0.1, -0.05) is 13.8 Å². The minimum atomic E-state index is -5.25. The maximum atomic E-state index is 12.4. The van der Waals surface area contributed by atoms with Crippen LogP contribution in [0.2, 0.25) is 0 Å². The summed E-state index contributed by atoms with van der Waals surface area (Å²) in [5.74, 6) is -6.18. The van der Waals surface area contributed by atoms with Crippen LogP contribution < -0.4 is 0 Å². The summed E-state index contributed by atoms with van der Waals surface area (Å²) in [6, 6.07) is -1.73. The largest absolute Gasteiger partial charge is 0.481 e. The number of aliphatic carboxylic acids is 2. The third-order valence-corrected chi connectivity index (χ3v) is 2.29. The van der Waals surface area contributed by atoms with Crippen molar-refractivity contribution in [2.45, 2.75) is 32.5 Å². The fourth-order valence-corrected chi connectivity index (χ4v) is 1.52. The molecule has 0 rings (SSSR count). The number of amides is 1. The van der Waals surface area contributed by atoms with Gasteiger partial charge in [-0.05, 0) is 5.92 Å². The molecule has 1 unspecified atom stereocenters. The van der Waals surface area contributed by atoms with E-state index in [1.54, 1.807) is 0 Å². The predicted octanol–water partition coefficient (Wildman–Crippen LogP) is 0.961. The van der Waals surface area contributed by atoms with Crippen LogP contribution in [0, 0.1) is 5.92 Å². The number of nitrogens with zero attached hydrogens (tertiary/aromatic N) is 1. The maximum absolute atomic E-state index is 12.4. The SMILES string of the molecule is CC(C)C(C(=O)O)N(CCC(=O)O)C(=O)C(F)(F)F. The van der Waals surface area contributed by atoms with Crippen LogP contribution in [-0.4, -0.2) is 51.7 Å². The highest BCUT2D eigenvalue weighted by atomic mass is 19.4. The molecule has 1 amide bonds. The molecule has 0 fully saturated rings. The second-order valence-corrected chi connectivity index (χ2v) is 4.17. The topological polar surface area (TPSA) is 94.9 Å². The van der Waals surface area contributed by atoms with E-state index in [9.17, 15) is 27.6 Å². The van der Waals surface area contributed by atoms with Crippen LogP contribution in [0.15, 0.2) is 0 Å². The van der Waals surface area contributed by atoms with E-state index in [0.29, 0.717) is 0 Å². The van der Waals surface area contributed by atoms with Crippen LogP contribution in [0.1, 0.15) is 20.3 Å². The Hall–Kier alpha value is -1.80. The molecule has 0 radical (unpaired) electrons.